The molecule has 0 aromatic rings. The molecule has 0 saturated carbocycles. The Morgan fingerprint density at radius 2 is 1.29 bits per heavy atom. The Kier molecular flexibility index (Phi) is 15.3. The first-order valence-electron chi connectivity index (χ1n) is 21.8. The van der Waals surface area contributed by atoms with Crippen LogP contribution in [-0.2, 0) is 52.2 Å². The molecule has 6 fully saturated rings. The van der Waals surface area contributed by atoms with Gasteiger partial charge in [0.2, 0.25) is 0 Å². The standard InChI is InChI=1S/C44H76O14.Na/c1-21-29(49-12)20-43(56-31(21)22(2)32-23(3)34(51-14)27(7)44(48,57-32)28(8)39(45)46)19-18-40(9,58-43)30-16-17-41(10,54-30)38-25(5)35(52-15)37(53-38)36-24(4)33(50-13)26(6)42(11,47)55-36;/h21-38,47-48H,16-20H2,1-15H3,(H,45,46);/q;+1/p-1/t21-,22-,23+,24+,25+,26-,27-,28-,29+,30?,31+,32-,33+,34+,35-,36+,37?,38-,40+,41+,42+,43-,44-;/m1./s1. The molecule has 6 rings (SSSR count). The van der Waals surface area contributed by atoms with Gasteiger partial charge in [-0.1, -0.05) is 55.4 Å². The first-order valence-corrected chi connectivity index (χ1v) is 21.8. The molecular weight excluding hydrogens is 775 g/mol. The minimum absolute atomic E-state index is 0. The summed E-state index contributed by atoms with van der Waals surface area (Å²) >= 11 is 0. The first kappa shape index (κ1) is 50.0. The molecule has 0 aliphatic carbocycles. The summed E-state index contributed by atoms with van der Waals surface area (Å²) in [6.45, 7) is 21.4. The van der Waals surface area contributed by atoms with Crippen LogP contribution in [0.2, 0.25) is 0 Å². The normalized spacial score (nSPS) is 53.9. The number of methoxy groups -OCH3 is 4. The number of hydrogen-bond donors (Lipinski definition) is 2. The second-order valence-corrected chi connectivity index (χ2v) is 19.9. The number of rotatable bonds is 11. The van der Waals surface area contributed by atoms with Gasteiger partial charge < -0.3 is 67.5 Å². The molecule has 2 N–H and O–H groups in total. The molecule has 1 spiro atoms. The van der Waals surface area contributed by atoms with Crippen LogP contribution in [0.5, 0.6) is 0 Å². The summed E-state index contributed by atoms with van der Waals surface area (Å²) in [4.78, 5) is 12.1. The SMILES string of the molecule is CO[C@H]1[C@@H](C)[C@@H]([C@H](C)[C@H]2O[C@@]3(CC[C@@](C)(C4CC[C@@](C)([C@@H]5OC([C@H]6O[C@](C)(O)[C@H](C)[C@@H](OC)[C@@H]6C)[C@H](OC)[C@@H]5C)O4)O3)C[C@H](OC)[C@H]2C)O[C@@](O)([C@H](C)C(=O)[O-])[C@@H]1C.[Na+]. The molecule has 23 atom stereocenters. The summed E-state index contributed by atoms with van der Waals surface area (Å²) in [5, 5.41) is 35.2. The van der Waals surface area contributed by atoms with Gasteiger partial charge in [0.1, 0.15) is 6.10 Å². The van der Waals surface area contributed by atoms with Gasteiger partial charge in [-0.3, -0.25) is 0 Å². The van der Waals surface area contributed by atoms with E-state index in [1.807, 2.05) is 20.8 Å². The van der Waals surface area contributed by atoms with Gasteiger partial charge >= 0.3 is 29.6 Å². The van der Waals surface area contributed by atoms with Crippen LogP contribution >= 0.6 is 0 Å². The molecule has 0 amide bonds. The molecule has 336 valence electrons. The Morgan fingerprint density at radius 3 is 1.86 bits per heavy atom. The Bertz CT molecular complexity index is 1460. The molecule has 14 nitrogen and oxygen atoms in total. The predicted octanol–water partition coefficient (Wildman–Crippen LogP) is 0.843. The third-order valence-electron chi connectivity index (χ3n) is 16.3. The van der Waals surface area contributed by atoms with Crippen LogP contribution in [0.15, 0.2) is 0 Å². The molecule has 0 aromatic carbocycles. The van der Waals surface area contributed by atoms with Crippen molar-refractivity contribution in [1.29, 1.82) is 0 Å². The molecule has 0 radical (unpaired) electrons. The summed E-state index contributed by atoms with van der Waals surface area (Å²) in [7, 11) is 6.67. The molecule has 0 aromatic heterocycles. The second kappa shape index (κ2) is 18.1. The maximum absolute atomic E-state index is 12.1. The van der Waals surface area contributed by atoms with Gasteiger partial charge in [0.05, 0.1) is 72.1 Å². The molecule has 6 heterocycles. The fraction of sp³-hybridized carbons (Fsp3) is 0.977. The largest absolute Gasteiger partial charge is 1.00 e. The molecular formula is C44H75NaO14. The van der Waals surface area contributed by atoms with E-state index in [0.717, 1.165) is 12.8 Å². The van der Waals surface area contributed by atoms with E-state index in [9.17, 15) is 20.1 Å². The minimum atomic E-state index is -2.01. The van der Waals surface area contributed by atoms with Crippen molar-refractivity contribution < 1.29 is 97.0 Å². The van der Waals surface area contributed by atoms with Gasteiger partial charge in [-0.15, -0.1) is 0 Å². The Balaban J connectivity index is 0.00000661. The van der Waals surface area contributed by atoms with Gasteiger partial charge in [0, 0.05) is 88.7 Å². The van der Waals surface area contributed by atoms with E-state index < -0.39 is 76.9 Å². The Labute approximate surface area is 374 Å². The van der Waals surface area contributed by atoms with E-state index in [4.69, 9.17) is 47.4 Å². The minimum Gasteiger partial charge on any atom is -0.550 e. The van der Waals surface area contributed by atoms with Crippen LogP contribution < -0.4 is 34.7 Å². The van der Waals surface area contributed by atoms with Crippen molar-refractivity contribution in [3.8, 4) is 0 Å². The summed E-state index contributed by atoms with van der Waals surface area (Å²) in [5.41, 5.74) is -1.33. The molecule has 6 aliphatic rings. The van der Waals surface area contributed by atoms with Gasteiger partial charge in [0.15, 0.2) is 17.4 Å². The fourth-order valence-electron chi connectivity index (χ4n) is 12.5. The maximum Gasteiger partial charge on any atom is 1.00 e. The van der Waals surface area contributed by atoms with Gasteiger partial charge in [-0.25, -0.2) is 0 Å². The number of aliphatic hydroxyl groups is 2. The monoisotopic (exact) mass is 851 g/mol. The number of carboxylic acid groups (broad SMARTS) is 1. The van der Waals surface area contributed by atoms with E-state index in [1.165, 1.54) is 6.92 Å². The molecule has 15 heteroatoms. The number of ether oxygens (including phenoxy) is 10. The quantitative estimate of drug-likeness (QED) is 0.280. The van der Waals surface area contributed by atoms with E-state index >= 15 is 0 Å². The van der Waals surface area contributed by atoms with Crippen LogP contribution in [0.1, 0.15) is 108 Å². The summed E-state index contributed by atoms with van der Waals surface area (Å²) in [6.07, 6.45) is -0.310. The third kappa shape index (κ3) is 8.53. The van der Waals surface area contributed by atoms with Crippen molar-refractivity contribution in [2.24, 2.45) is 47.3 Å². The van der Waals surface area contributed by atoms with E-state index in [2.05, 4.69) is 34.6 Å². The molecule has 6 saturated heterocycles. The molecule has 2 unspecified atom stereocenters. The van der Waals surface area contributed by atoms with Crippen molar-refractivity contribution in [2.45, 2.75) is 198 Å². The predicted molar refractivity (Wildman–Crippen MR) is 209 cm³/mol. The van der Waals surface area contributed by atoms with E-state index in [-0.39, 0.29) is 95.6 Å². The summed E-state index contributed by atoms with van der Waals surface area (Å²) in [6, 6.07) is 0. The Morgan fingerprint density at radius 1 is 0.695 bits per heavy atom. The van der Waals surface area contributed by atoms with E-state index in [0.29, 0.717) is 19.3 Å². The van der Waals surface area contributed by atoms with Crippen molar-refractivity contribution in [3.63, 3.8) is 0 Å². The second-order valence-electron chi connectivity index (χ2n) is 19.9. The van der Waals surface area contributed by atoms with Crippen LogP contribution in [0.25, 0.3) is 0 Å². The summed E-state index contributed by atoms with van der Waals surface area (Å²) in [5.74, 6) is -8.58. The third-order valence-corrected chi connectivity index (χ3v) is 16.3. The van der Waals surface area contributed by atoms with Crippen molar-refractivity contribution in [2.75, 3.05) is 28.4 Å². The number of hydrogen-bond acceptors (Lipinski definition) is 14. The average Bonchev–Trinajstić information content (AvgIpc) is 3.85. The average molecular weight is 851 g/mol. The maximum atomic E-state index is 12.1. The topological polar surface area (TPSA) is 173 Å². The van der Waals surface area contributed by atoms with Crippen molar-refractivity contribution in [1.82, 2.24) is 0 Å². The smallest absolute Gasteiger partial charge is 0.550 e. The van der Waals surface area contributed by atoms with Crippen LogP contribution in [0, 0.1) is 47.3 Å². The molecule has 59 heavy (non-hydrogen) atoms. The zero-order valence-electron chi connectivity index (χ0n) is 38.7. The van der Waals surface area contributed by atoms with Crippen LogP contribution in [-0.4, -0.2) is 134 Å². The number of carbonyl (C=O) groups excluding carboxylic acids is 1. The van der Waals surface area contributed by atoms with Gasteiger partial charge in [0.25, 0.3) is 0 Å². The zero-order valence-corrected chi connectivity index (χ0v) is 40.7. The molecule has 0 bridgehead atoms. The fourth-order valence-corrected chi connectivity index (χ4v) is 12.5. The zero-order chi connectivity index (χ0) is 43.1. The molecule has 6 aliphatic heterocycles. The number of carboxylic acids is 1. The van der Waals surface area contributed by atoms with Gasteiger partial charge in [-0.05, 0) is 40.0 Å². The van der Waals surface area contributed by atoms with Crippen molar-refractivity contribution in [3.05, 3.63) is 0 Å². The van der Waals surface area contributed by atoms with Crippen LogP contribution in [0.4, 0.5) is 0 Å². The first-order chi connectivity index (χ1) is 27.0. The number of carbonyl (C=O) groups is 1. The Hall–Kier alpha value is -0.01000. The van der Waals surface area contributed by atoms with E-state index in [1.54, 1.807) is 42.3 Å². The van der Waals surface area contributed by atoms with Crippen molar-refractivity contribution >= 4 is 5.97 Å². The van der Waals surface area contributed by atoms with Gasteiger partial charge in [-0.2, -0.15) is 0 Å². The van der Waals surface area contributed by atoms with Crippen LogP contribution in [0.3, 0.4) is 0 Å². The number of aliphatic carboxylic acids is 1. The summed E-state index contributed by atoms with van der Waals surface area (Å²) < 4.78 is 65.3.